The van der Waals surface area contributed by atoms with Gasteiger partial charge in [-0.15, -0.1) is 0 Å². The van der Waals surface area contributed by atoms with Crippen molar-refractivity contribution in [3.8, 4) is 11.5 Å². The molecule has 0 saturated carbocycles. The zero-order valence-electron chi connectivity index (χ0n) is 11.6. The third-order valence-corrected chi connectivity index (χ3v) is 3.62. The van der Waals surface area contributed by atoms with Gasteiger partial charge in [-0.2, -0.15) is 0 Å². The zero-order valence-corrected chi connectivity index (χ0v) is 12.4. The van der Waals surface area contributed by atoms with E-state index in [2.05, 4.69) is 0 Å². The molecule has 0 aliphatic rings. The number of nitro benzene ring substituents is 1. The van der Waals surface area contributed by atoms with Crippen LogP contribution in [0.25, 0.3) is 0 Å². The van der Waals surface area contributed by atoms with E-state index >= 15 is 0 Å². The van der Waals surface area contributed by atoms with Gasteiger partial charge in [0.2, 0.25) is 0 Å². The highest BCUT2D eigenvalue weighted by atomic mass is 35.5. The number of carboxylic acid groups (broad SMARTS) is 1. The van der Waals surface area contributed by atoms with Gasteiger partial charge < -0.3 is 15.3 Å². The maximum atomic E-state index is 11.5. The number of rotatable bonds is 5. The van der Waals surface area contributed by atoms with Crippen molar-refractivity contribution < 1.29 is 25.0 Å². The van der Waals surface area contributed by atoms with Crippen LogP contribution in [0.3, 0.4) is 0 Å². The fourth-order valence-electron chi connectivity index (χ4n) is 2.18. The number of hydrogen-bond donors (Lipinski definition) is 3. The fraction of sp³-hybridized carbons (Fsp3) is 0.133. The number of halogens is 1. The summed E-state index contributed by atoms with van der Waals surface area (Å²) in [5, 5.41) is 39.9. The molecule has 1 atom stereocenters. The van der Waals surface area contributed by atoms with Crippen molar-refractivity contribution in [3.63, 3.8) is 0 Å². The second-order valence-electron chi connectivity index (χ2n) is 4.87. The van der Waals surface area contributed by atoms with Crippen LogP contribution in [0.1, 0.15) is 17.0 Å². The van der Waals surface area contributed by atoms with Crippen molar-refractivity contribution >= 4 is 23.3 Å². The molecule has 3 N–H and O–H groups in total. The first-order valence-electron chi connectivity index (χ1n) is 6.47. The van der Waals surface area contributed by atoms with Gasteiger partial charge in [-0.3, -0.25) is 14.9 Å². The molecular formula is C15H12ClNO6. The maximum Gasteiger partial charge on any atom is 0.311 e. The summed E-state index contributed by atoms with van der Waals surface area (Å²) in [4.78, 5) is 21.5. The SMILES string of the molecule is O=C(O)C(Cc1cc([N+](=O)[O-])c(O)cc1O)c1ccc(Cl)cc1. The van der Waals surface area contributed by atoms with Crippen LogP contribution >= 0.6 is 11.6 Å². The third kappa shape index (κ3) is 3.70. The molecule has 0 amide bonds. The molecule has 0 spiro atoms. The Kier molecular flexibility index (Phi) is 4.71. The summed E-state index contributed by atoms with van der Waals surface area (Å²) in [5.74, 6) is -3.27. The van der Waals surface area contributed by atoms with Crippen LogP contribution in [0.4, 0.5) is 5.69 Å². The second-order valence-corrected chi connectivity index (χ2v) is 5.31. The second kappa shape index (κ2) is 6.53. The van der Waals surface area contributed by atoms with Gasteiger partial charge in [0.1, 0.15) is 5.75 Å². The number of carbonyl (C=O) groups is 1. The summed E-state index contributed by atoms with van der Waals surface area (Å²) in [7, 11) is 0. The Bertz CT molecular complexity index is 759. The average molecular weight is 338 g/mol. The van der Waals surface area contributed by atoms with Gasteiger partial charge in [-0.05, 0) is 24.1 Å². The van der Waals surface area contributed by atoms with E-state index in [1.807, 2.05) is 0 Å². The molecule has 0 radical (unpaired) electrons. The van der Waals surface area contributed by atoms with Crippen LogP contribution in [-0.4, -0.2) is 26.2 Å². The number of phenolic OH excluding ortho intramolecular Hbond substituents is 2. The molecule has 8 heteroatoms. The fourth-order valence-corrected chi connectivity index (χ4v) is 2.31. The predicted molar refractivity (Wildman–Crippen MR) is 82.0 cm³/mol. The topological polar surface area (TPSA) is 121 Å². The van der Waals surface area contributed by atoms with E-state index in [-0.39, 0.29) is 12.0 Å². The largest absolute Gasteiger partial charge is 0.508 e. The summed E-state index contributed by atoms with van der Waals surface area (Å²) in [6, 6.07) is 7.93. The highest BCUT2D eigenvalue weighted by Gasteiger charge is 2.25. The predicted octanol–water partition coefficient (Wildman–Crippen LogP) is 3.07. The van der Waals surface area contributed by atoms with E-state index in [0.29, 0.717) is 10.6 Å². The molecule has 23 heavy (non-hydrogen) atoms. The maximum absolute atomic E-state index is 11.5. The molecule has 0 aliphatic carbocycles. The number of carboxylic acids is 1. The molecule has 2 rings (SSSR count). The summed E-state index contributed by atoms with van der Waals surface area (Å²) in [6.07, 6.45) is -0.177. The van der Waals surface area contributed by atoms with Crippen molar-refractivity contribution in [2.45, 2.75) is 12.3 Å². The van der Waals surface area contributed by atoms with Crippen molar-refractivity contribution in [1.29, 1.82) is 0 Å². The van der Waals surface area contributed by atoms with Gasteiger partial charge in [0.05, 0.1) is 10.8 Å². The average Bonchev–Trinajstić information content (AvgIpc) is 2.47. The molecular weight excluding hydrogens is 326 g/mol. The van der Waals surface area contributed by atoms with Crippen molar-refractivity contribution in [2.24, 2.45) is 0 Å². The third-order valence-electron chi connectivity index (χ3n) is 3.37. The number of nitrogens with zero attached hydrogens (tertiary/aromatic N) is 1. The lowest BCUT2D eigenvalue weighted by Gasteiger charge is -2.14. The Morgan fingerprint density at radius 1 is 1.17 bits per heavy atom. The van der Waals surface area contributed by atoms with Gasteiger partial charge in [0, 0.05) is 22.7 Å². The van der Waals surface area contributed by atoms with E-state index in [4.69, 9.17) is 11.6 Å². The quantitative estimate of drug-likeness (QED) is 0.569. The molecule has 2 aromatic carbocycles. The number of aromatic hydroxyl groups is 2. The Morgan fingerprint density at radius 2 is 1.78 bits per heavy atom. The number of nitro groups is 1. The first-order chi connectivity index (χ1) is 10.8. The molecule has 0 bridgehead atoms. The monoisotopic (exact) mass is 337 g/mol. The number of hydrogen-bond acceptors (Lipinski definition) is 5. The van der Waals surface area contributed by atoms with E-state index in [1.54, 1.807) is 0 Å². The van der Waals surface area contributed by atoms with Crippen molar-refractivity contribution in [2.75, 3.05) is 0 Å². The van der Waals surface area contributed by atoms with Crippen molar-refractivity contribution in [1.82, 2.24) is 0 Å². The summed E-state index contributed by atoms with van der Waals surface area (Å²) >= 11 is 5.76. The molecule has 120 valence electrons. The van der Waals surface area contributed by atoms with Crippen LogP contribution in [0.5, 0.6) is 11.5 Å². The highest BCUT2D eigenvalue weighted by molar-refractivity contribution is 6.30. The molecule has 0 aromatic heterocycles. The smallest absolute Gasteiger partial charge is 0.311 e. The van der Waals surface area contributed by atoms with Crippen LogP contribution in [0.2, 0.25) is 5.02 Å². The van der Waals surface area contributed by atoms with Crippen LogP contribution < -0.4 is 0 Å². The first-order valence-corrected chi connectivity index (χ1v) is 6.85. The normalized spacial score (nSPS) is 11.9. The van der Waals surface area contributed by atoms with Gasteiger partial charge in [-0.25, -0.2) is 0 Å². The minimum atomic E-state index is -1.15. The Balaban J connectivity index is 2.41. The summed E-state index contributed by atoms with van der Waals surface area (Å²) in [5.41, 5.74) is -0.105. The number of benzene rings is 2. The molecule has 2 aromatic rings. The van der Waals surface area contributed by atoms with E-state index in [9.17, 15) is 30.2 Å². The van der Waals surface area contributed by atoms with Gasteiger partial charge in [0.25, 0.3) is 0 Å². The van der Waals surface area contributed by atoms with Gasteiger partial charge in [-0.1, -0.05) is 23.7 Å². The zero-order chi connectivity index (χ0) is 17.1. The first kappa shape index (κ1) is 16.6. The number of aliphatic carboxylic acids is 1. The lowest BCUT2D eigenvalue weighted by Crippen LogP contribution is -2.14. The minimum absolute atomic E-state index is 0.0526. The standard InChI is InChI=1S/C15H12ClNO6/c16-10-3-1-8(2-4-10)11(15(20)21)5-9-6-12(17(22)23)14(19)7-13(9)18/h1-4,6-7,11,18-19H,5H2,(H,20,21). The minimum Gasteiger partial charge on any atom is -0.508 e. The van der Waals surface area contributed by atoms with E-state index < -0.39 is 34.0 Å². The molecule has 0 aliphatic heterocycles. The molecule has 1 unspecified atom stereocenters. The lowest BCUT2D eigenvalue weighted by molar-refractivity contribution is -0.385. The Labute approximate surface area is 135 Å². The Hall–Kier alpha value is -2.80. The number of phenols is 2. The van der Waals surface area contributed by atoms with Crippen LogP contribution in [-0.2, 0) is 11.2 Å². The lowest BCUT2D eigenvalue weighted by atomic mass is 9.91. The van der Waals surface area contributed by atoms with Crippen LogP contribution in [0, 0.1) is 10.1 Å². The van der Waals surface area contributed by atoms with Gasteiger partial charge in [0.15, 0.2) is 5.75 Å². The summed E-state index contributed by atoms with van der Waals surface area (Å²) in [6.45, 7) is 0. The van der Waals surface area contributed by atoms with Crippen molar-refractivity contribution in [3.05, 3.63) is 62.7 Å². The Morgan fingerprint density at radius 3 is 2.30 bits per heavy atom. The van der Waals surface area contributed by atoms with Crippen LogP contribution in [0.15, 0.2) is 36.4 Å². The van der Waals surface area contributed by atoms with E-state index in [1.165, 1.54) is 24.3 Å². The molecule has 0 saturated heterocycles. The summed E-state index contributed by atoms with van der Waals surface area (Å²) < 4.78 is 0. The molecule has 0 fully saturated rings. The highest BCUT2D eigenvalue weighted by Crippen LogP contribution is 2.35. The molecule has 0 heterocycles. The van der Waals surface area contributed by atoms with E-state index in [0.717, 1.165) is 12.1 Å². The van der Waals surface area contributed by atoms with Gasteiger partial charge >= 0.3 is 11.7 Å². The molecule has 7 nitrogen and oxygen atoms in total.